The molecule has 0 bridgehead atoms. The number of urea groups is 1. The van der Waals surface area contributed by atoms with Crippen LogP contribution in [0.4, 0.5) is 4.79 Å². The molecule has 24 nitrogen and oxygen atoms in total. The Balaban J connectivity index is 1.17. The van der Waals surface area contributed by atoms with E-state index in [9.17, 15) is 73.5 Å². The van der Waals surface area contributed by atoms with Gasteiger partial charge in [0, 0.05) is 84.2 Å². The Hall–Kier alpha value is -7.28. The van der Waals surface area contributed by atoms with Gasteiger partial charge in [-0.3, -0.25) is 48.4 Å². The first kappa shape index (κ1) is 62.6. The summed E-state index contributed by atoms with van der Waals surface area (Å²) < 4.78 is 0. The van der Waals surface area contributed by atoms with Crippen molar-refractivity contribution in [2.75, 3.05) is 91.6 Å². The molecule has 10 N–H and O–H groups in total. The van der Waals surface area contributed by atoms with Crippen LogP contribution in [-0.4, -0.2) is 214 Å². The molecule has 3 aromatic carbocycles. The monoisotopic (exact) mass is 1100 g/mol. The van der Waals surface area contributed by atoms with Gasteiger partial charge >= 0.3 is 35.9 Å². The molecule has 432 valence electrons. The lowest BCUT2D eigenvalue weighted by molar-refractivity contribution is -0.140. The Labute approximate surface area is 458 Å². The third-order valence-electron chi connectivity index (χ3n) is 14.6. The maximum absolute atomic E-state index is 14.2. The van der Waals surface area contributed by atoms with Crippen molar-refractivity contribution < 1.29 is 73.5 Å². The van der Waals surface area contributed by atoms with E-state index >= 15 is 0 Å². The predicted molar refractivity (Wildman–Crippen MR) is 290 cm³/mol. The zero-order valence-corrected chi connectivity index (χ0v) is 44.9. The molecular formula is C55H77N9O15. The second-order valence-electron chi connectivity index (χ2n) is 20.7. The van der Waals surface area contributed by atoms with Crippen molar-refractivity contribution in [3.8, 4) is 0 Å². The molecule has 1 saturated carbocycles. The van der Waals surface area contributed by atoms with Crippen molar-refractivity contribution in [3.05, 3.63) is 60.2 Å². The van der Waals surface area contributed by atoms with Crippen LogP contribution in [0.5, 0.6) is 0 Å². The van der Waals surface area contributed by atoms with E-state index < -0.39 is 65.8 Å². The molecular weight excluding hydrogens is 1030 g/mol. The Morgan fingerprint density at radius 2 is 1.00 bits per heavy atom. The van der Waals surface area contributed by atoms with Gasteiger partial charge in [0.1, 0.15) is 23.9 Å². The summed E-state index contributed by atoms with van der Waals surface area (Å²) in [5.41, 5.74) is 0.874. The molecule has 24 heteroatoms. The van der Waals surface area contributed by atoms with E-state index in [4.69, 9.17) is 0 Å². The van der Waals surface area contributed by atoms with E-state index in [1.54, 1.807) is 14.7 Å². The summed E-state index contributed by atoms with van der Waals surface area (Å²) in [7, 11) is 0. The van der Waals surface area contributed by atoms with Gasteiger partial charge in [-0.25, -0.2) is 14.4 Å². The third-order valence-corrected chi connectivity index (χ3v) is 14.6. The van der Waals surface area contributed by atoms with Gasteiger partial charge in [0.2, 0.25) is 17.7 Å². The number of unbranched alkanes of at least 4 members (excludes halogenated alkanes) is 1. The highest BCUT2D eigenvalue weighted by Gasteiger charge is 2.32. The van der Waals surface area contributed by atoms with Crippen LogP contribution < -0.4 is 26.6 Å². The van der Waals surface area contributed by atoms with Gasteiger partial charge in [-0.1, -0.05) is 48.5 Å². The molecule has 2 aliphatic rings. The Morgan fingerprint density at radius 3 is 1.46 bits per heavy atom. The molecule has 79 heavy (non-hydrogen) atoms. The molecule has 0 aromatic heterocycles. The highest BCUT2D eigenvalue weighted by Crippen LogP contribution is 2.31. The molecule has 2 fully saturated rings. The molecule has 0 radical (unpaired) electrons. The molecule has 1 aliphatic carbocycles. The van der Waals surface area contributed by atoms with Crippen molar-refractivity contribution in [3.63, 3.8) is 0 Å². The summed E-state index contributed by atoms with van der Waals surface area (Å²) in [6.07, 6.45) is 3.27. The highest BCUT2D eigenvalue weighted by atomic mass is 16.4. The molecule has 5 rings (SSSR count). The largest absolute Gasteiger partial charge is 0.480 e. The van der Waals surface area contributed by atoms with Crippen LogP contribution in [0.15, 0.2) is 54.6 Å². The molecule has 1 aliphatic heterocycles. The van der Waals surface area contributed by atoms with E-state index in [0.717, 1.165) is 27.1 Å². The van der Waals surface area contributed by atoms with Crippen molar-refractivity contribution in [2.45, 2.75) is 95.7 Å². The standard InChI is InChI=1S/C55H77N9O15/c1-36(65)9-8-15-45(54(77)78)60-55(79)59-44(53(75)76)14-6-7-20-56-52(74)46(30-43-41-12-4-2-10-39(41)29-40-11-3-5-13-42(40)43)58-51(73)38-18-16-37(17-19-38)31-57-47(66)32-61-21-23-62(33-48(67)68)25-27-64(35-50(71)72)28-26-63(24-22-61)34-49(69)70/h2-5,10-13,29,37-38,44-46H,6-9,14-28,30-35H2,1H3,(H,56,74)(H,57,66)(H,58,73)(H,67,68)(H,69,70)(H,71,72)(H,75,76)(H,77,78)(H2,59,60,79)/t37?,38?,44-,45-,46-/m0/s1. The second kappa shape index (κ2) is 32.0. The van der Waals surface area contributed by atoms with Gasteiger partial charge in [0.05, 0.1) is 26.2 Å². The summed E-state index contributed by atoms with van der Waals surface area (Å²) in [6.45, 7) is 3.13. The lowest BCUT2D eigenvalue weighted by atomic mass is 9.81. The normalized spacial score (nSPS) is 18.4. The van der Waals surface area contributed by atoms with Crippen molar-refractivity contribution in [2.24, 2.45) is 11.8 Å². The van der Waals surface area contributed by atoms with Gasteiger partial charge < -0.3 is 56.9 Å². The maximum atomic E-state index is 14.2. The molecule has 3 aromatic rings. The third kappa shape index (κ3) is 21.8. The Bertz CT molecular complexity index is 2520. The number of nitrogens with one attached hydrogen (secondary N) is 5. The first-order chi connectivity index (χ1) is 37.7. The quantitative estimate of drug-likeness (QED) is 0.0365. The minimum atomic E-state index is -1.36. The Morgan fingerprint density at radius 1 is 0.544 bits per heavy atom. The zero-order chi connectivity index (χ0) is 57.4. The van der Waals surface area contributed by atoms with Crippen LogP contribution in [0.25, 0.3) is 21.5 Å². The van der Waals surface area contributed by atoms with Gasteiger partial charge in [-0.2, -0.15) is 0 Å². The van der Waals surface area contributed by atoms with E-state index in [0.29, 0.717) is 51.7 Å². The Kier molecular flexibility index (Phi) is 25.3. The molecule has 1 saturated heterocycles. The van der Waals surface area contributed by atoms with E-state index in [1.165, 1.54) is 6.92 Å². The molecule has 3 atom stereocenters. The van der Waals surface area contributed by atoms with Gasteiger partial charge in [0.15, 0.2) is 0 Å². The number of carboxylic acid groups (broad SMARTS) is 5. The minimum Gasteiger partial charge on any atom is -0.480 e. The van der Waals surface area contributed by atoms with Crippen LogP contribution in [-0.2, 0) is 49.6 Å². The van der Waals surface area contributed by atoms with Crippen LogP contribution in [0.3, 0.4) is 0 Å². The number of benzene rings is 3. The number of fused-ring (bicyclic) bond motifs is 2. The summed E-state index contributed by atoms with van der Waals surface area (Å²) >= 11 is 0. The van der Waals surface area contributed by atoms with E-state index in [2.05, 4.69) is 32.7 Å². The smallest absolute Gasteiger partial charge is 0.326 e. The summed E-state index contributed by atoms with van der Waals surface area (Å²) in [6, 6.07) is 13.0. The summed E-state index contributed by atoms with van der Waals surface area (Å²) in [5.74, 6) is -7.30. The van der Waals surface area contributed by atoms with Crippen molar-refractivity contribution in [1.82, 2.24) is 46.2 Å². The number of carbonyl (C=O) groups is 10. The van der Waals surface area contributed by atoms with Gasteiger partial charge in [0.25, 0.3) is 0 Å². The lowest BCUT2D eigenvalue weighted by Crippen LogP contribution is -2.51. The minimum absolute atomic E-state index is 0.0209. The second-order valence-corrected chi connectivity index (χ2v) is 20.7. The van der Waals surface area contributed by atoms with E-state index in [1.807, 2.05) is 53.4 Å². The zero-order valence-electron chi connectivity index (χ0n) is 44.9. The summed E-state index contributed by atoms with van der Waals surface area (Å²) in [4.78, 5) is 131. The lowest BCUT2D eigenvalue weighted by Gasteiger charge is -2.33. The van der Waals surface area contributed by atoms with Crippen LogP contribution in [0, 0.1) is 11.8 Å². The number of amides is 5. The topological polar surface area (TPSA) is 345 Å². The average Bonchev–Trinajstić information content (AvgIpc) is 3.39. The number of nitrogens with zero attached hydrogens (tertiary/aromatic N) is 4. The molecule has 1 heterocycles. The number of carbonyl (C=O) groups excluding carboxylic acids is 5. The number of rotatable bonds is 28. The fourth-order valence-corrected chi connectivity index (χ4v) is 10.2. The number of hydrogen-bond donors (Lipinski definition) is 10. The van der Waals surface area contributed by atoms with Gasteiger partial charge in [-0.05, 0) is 104 Å². The number of aliphatic carboxylic acids is 5. The van der Waals surface area contributed by atoms with E-state index in [-0.39, 0.29) is 134 Å². The van der Waals surface area contributed by atoms with Crippen molar-refractivity contribution in [1.29, 1.82) is 0 Å². The highest BCUT2D eigenvalue weighted by molar-refractivity contribution is 6.03. The maximum Gasteiger partial charge on any atom is 0.326 e. The van der Waals surface area contributed by atoms with Crippen LogP contribution >= 0.6 is 0 Å². The van der Waals surface area contributed by atoms with Crippen LogP contribution in [0.2, 0.25) is 0 Å². The predicted octanol–water partition coefficient (Wildman–Crippen LogP) is 1.67. The fraction of sp³-hybridized carbons (Fsp3) is 0.564. The number of carboxylic acids is 5. The van der Waals surface area contributed by atoms with Gasteiger partial charge in [-0.15, -0.1) is 0 Å². The number of Topliss-reactive ketones (excluding diaryl/α,β-unsaturated/α-hetero) is 1. The molecule has 0 spiro atoms. The SMILES string of the molecule is CC(=O)CCC[C@H](NC(=O)N[C@@H](CCCCNC(=O)[C@H](Cc1c2ccccc2cc2ccccc12)NC(=O)C1CCC(CNC(=O)CN2CCN(CC(=O)O)CCN(CC(=O)O)CCN(CC(=O)O)CC2)CC1)C(=O)O)C(=O)O. The summed E-state index contributed by atoms with van der Waals surface area (Å²) in [5, 5.41) is 65.3. The number of hydrogen-bond acceptors (Lipinski definition) is 14. The first-order valence-electron chi connectivity index (χ1n) is 27.1. The first-order valence-corrected chi connectivity index (χ1v) is 27.1. The average molecular weight is 1100 g/mol. The van der Waals surface area contributed by atoms with Crippen molar-refractivity contribution >= 4 is 80.9 Å². The number of ketones is 1. The molecule has 5 amide bonds. The fourth-order valence-electron chi connectivity index (χ4n) is 10.2. The van der Waals surface area contributed by atoms with Crippen LogP contribution in [0.1, 0.15) is 76.7 Å². The molecule has 0 unspecified atom stereocenters.